The molecule has 4 heteroatoms. The Morgan fingerprint density at radius 1 is 0.870 bits per heavy atom. The zero-order chi connectivity index (χ0) is 15.7. The Bertz CT molecular complexity index is 518. The van der Waals surface area contributed by atoms with Crippen LogP contribution in [-0.4, -0.2) is 16.8 Å². The first-order chi connectivity index (χ1) is 11.4. The van der Waals surface area contributed by atoms with Crippen molar-refractivity contribution < 1.29 is 0 Å². The lowest BCUT2D eigenvalue weighted by Gasteiger charge is -2.52. The van der Waals surface area contributed by atoms with E-state index in [9.17, 15) is 0 Å². The molecule has 1 heterocycles. The van der Waals surface area contributed by atoms with Gasteiger partial charge in [-0.15, -0.1) is 0 Å². The van der Waals surface area contributed by atoms with Gasteiger partial charge in [-0.25, -0.2) is 0 Å². The maximum Gasteiger partial charge on any atom is 0.206 e. The van der Waals surface area contributed by atoms with Crippen molar-refractivity contribution in [2.75, 3.05) is 0 Å². The monoisotopic (exact) mass is 349 g/mol. The highest BCUT2D eigenvalue weighted by molar-refractivity contribution is 8.16. The molecule has 0 aromatic heterocycles. The van der Waals surface area contributed by atoms with Gasteiger partial charge in [0, 0.05) is 6.07 Å². The van der Waals surface area contributed by atoms with Crippen LogP contribution < -0.4 is 9.62 Å². The summed E-state index contributed by atoms with van der Waals surface area (Å²) in [6.45, 7) is 0. The largest absolute Gasteiger partial charge is 0.272 e. The highest BCUT2D eigenvalue weighted by atomic mass is 32.2. The van der Waals surface area contributed by atoms with E-state index in [1.165, 1.54) is 73.6 Å². The Morgan fingerprint density at radius 2 is 1.43 bits per heavy atom. The van der Waals surface area contributed by atoms with E-state index in [1.54, 1.807) is 17.6 Å². The fourth-order valence-corrected chi connectivity index (χ4v) is 7.91. The molecular formula is C19H29N2S2+. The van der Waals surface area contributed by atoms with Gasteiger partial charge in [-0.05, 0) is 81.1 Å². The number of para-hydroxylation sites is 1. The van der Waals surface area contributed by atoms with E-state index in [4.69, 9.17) is 5.14 Å². The molecule has 2 fully saturated rings. The van der Waals surface area contributed by atoms with E-state index in [2.05, 4.69) is 24.3 Å². The Labute approximate surface area is 149 Å². The Kier molecular flexibility index (Phi) is 4.96. The lowest BCUT2D eigenvalue weighted by atomic mass is 9.85. The fourth-order valence-electron chi connectivity index (χ4n) is 5.37. The number of rotatable bonds is 3. The van der Waals surface area contributed by atoms with Crippen LogP contribution in [0.4, 0.5) is 5.69 Å². The number of nitrogens with two attached hydrogens (primary N) is 1. The molecule has 0 bridgehead atoms. The van der Waals surface area contributed by atoms with Crippen LogP contribution in [0.15, 0.2) is 29.2 Å². The third-order valence-corrected chi connectivity index (χ3v) is 8.69. The van der Waals surface area contributed by atoms with Gasteiger partial charge in [0.15, 0.2) is 0 Å². The van der Waals surface area contributed by atoms with Crippen molar-refractivity contribution in [1.82, 2.24) is 4.48 Å². The van der Waals surface area contributed by atoms with E-state index < -0.39 is 0 Å². The normalized spacial score (nSPS) is 28.7. The maximum absolute atomic E-state index is 6.28. The smallest absolute Gasteiger partial charge is 0.206 e. The molecule has 126 valence electrons. The zero-order valence-corrected chi connectivity index (χ0v) is 15.6. The van der Waals surface area contributed by atoms with Gasteiger partial charge in [0.25, 0.3) is 0 Å². The Hall–Kier alpha value is -0.160. The molecule has 0 spiro atoms. The summed E-state index contributed by atoms with van der Waals surface area (Å²) in [5.74, 6) is 0. The number of thioether (sulfide) groups is 1. The van der Waals surface area contributed by atoms with Crippen LogP contribution in [0.1, 0.15) is 64.2 Å². The number of hydrogen-bond donors (Lipinski definition) is 1. The zero-order valence-electron chi connectivity index (χ0n) is 14.0. The molecule has 1 atom stereocenters. The van der Waals surface area contributed by atoms with Crippen molar-refractivity contribution in [3.8, 4) is 0 Å². The minimum Gasteiger partial charge on any atom is -0.272 e. The standard InChI is InChI=1S/C19H29N2S2/c20-23-19-21(15-9-3-1-4-10-15,16-11-5-2-6-12-16)17-13-7-8-14-18(17)22-19/h7-8,13-16,19H,1-6,9-12,20H2/q+1. The Balaban J connectivity index is 1.82. The first kappa shape index (κ1) is 16.3. The van der Waals surface area contributed by atoms with E-state index in [0.717, 1.165) is 12.1 Å². The molecule has 3 aliphatic rings. The van der Waals surface area contributed by atoms with Crippen molar-refractivity contribution in [2.24, 2.45) is 5.14 Å². The molecule has 2 N–H and O–H groups in total. The van der Waals surface area contributed by atoms with Crippen LogP contribution in [0, 0.1) is 0 Å². The van der Waals surface area contributed by atoms with E-state index in [1.807, 2.05) is 11.8 Å². The van der Waals surface area contributed by atoms with Crippen LogP contribution in [0.2, 0.25) is 0 Å². The van der Waals surface area contributed by atoms with E-state index in [-0.39, 0.29) is 0 Å². The molecular weight excluding hydrogens is 320 g/mol. The quantitative estimate of drug-likeness (QED) is 0.563. The van der Waals surface area contributed by atoms with Crippen LogP contribution in [0.3, 0.4) is 0 Å². The topological polar surface area (TPSA) is 26.0 Å². The molecule has 0 amide bonds. The van der Waals surface area contributed by atoms with Gasteiger partial charge in [0.2, 0.25) is 4.71 Å². The summed E-state index contributed by atoms with van der Waals surface area (Å²) in [5, 5.41) is 6.28. The lowest BCUT2D eigenvalue weighted by molar-refractivity contribution is 0.0998. The third-order valence-electron chi connectivity index (χ3n) is 6.33. The van der Waals surface area contributed by atoms with Gasteiger partial charge in [0.05, 0.1) is 17.0 Å². The highest BCUT2D eigenvalue weighted by Crippen LogP contribution is 2.57. The first-order valence-corrected chi connectivity index (χ1v) is 11.2. The second-order valence-corrected chi connectivity index (χ2v) is 9.59. The minimum absolute atomic E-state index is 0.457. The number of hydrogen-bond acceptors (Lipinski definition) is 3. The van der Waals surface area contributed by atoms with Gasteiger partial charge >= 0.3 is 0 Å². The first-order valence-electron chi connectivity index (χ1n) is 9.37. The van der Waals surface area contributed by atoms with Gasteiger partial charge < -0.3 is 0 Å². The highest BCUT2D eigenvalue weighted by Gasteiger charge is 2.56. The summed E-state index contributed by atoms with van der Waals surface area (Å²) in [6.07, 6.45) is 14.1. The van der Waals surface area contributed by atoms with E-state index in [0.29, 0.717) is 4.71 Å². The van der Waals surface area contributed by atoms with Gasteiger partial charge in [-0.1, -0.05) is 25.0 Å². The molecule has 2 saturated carbocycles. The number of nitrogens with zero attached hydrogens (tertiary/aromatic N) is 1. The average molecular weight is 350 g/mol. The van der Waals surface area contributed by atoms with Crippen molar-refractivity contribution in [2.45, 2.75) is 85.9 Å². The van der Waals surface area contributed by atoms with Crippen LogP contribution in [-0.2, 0) is 0 Å². The van der Waals surface area contributed by atoms with Crippen LogP contribution in [0.5, 0.6) is 0 Å². The molecule has 0 saturated heterocycles. The molecule has 1 aliphatic heterocycles. The predicted molar refractivity (Wildman–Crippen MR) is 103 cm³/mol. The van der Waals surface area contributed by atoms with Crippen LogP contribution in [0.25, 0.3) is 0 Å². The van der Waals surface area contributed by atoms with Crippen molar-refractivity contribution >= 4 is 29.4 Å². The molecule has 1 aromatic carbocycles. The summed E-state index contributed by atoms with van der Waals surface area (Å²) >= 11 is 3.66. The summed E-state index contributed by atoms with van der Waals surface area (Å²) in [5.41, 5.74) is 1.60. The van der Waals surface area contributed by atoms with Crippen molar-refractivity contribution in [3.05, 3.63) is 24.3 Å². The van der Waals surface area contributed by atoms with Crippen LogP contribution >= 0.6 is 23.7 Å². The molecule has 23 heavy (non-hydrogen) atoms. The molecule has 2 nitrogen and oxygen atoms in total. The van der Waals surface area contributed by atoms with E-state index >= 15 is 0 Å². The number of quaternary nitrogens is 1. The summed E-state index contributed by atoms with van der Waals surface area (Å²) in [6, 6.07) is 10.8. The second-order valence-electron chi connectivity index (χ2n) is 7.45. The van der Waals surface area contributed by atoms with Gasteiger partial charge in [0.1, 0.15) is 5.69 Å². The maximum atomic E-state index is 6.28. The molecule has 1 unspecified atom stereocenters. The third kappa shape index (κ3) is 2.66. The molecule has 4 rings (SSSR count). The fraction of sp³-hybridized carbons (Fsp3) is 0.684. The predicted octanol–water partition coefficient (Wildman–Crippen LogP) is 5.66. The molecule has 0 radical (unpaired) electrons. The average Bonchev–Trinajstić information content (AvgIpc) is 2.98. The Morgan fingerprint density at radius 3 is 2.00 bits per heavy atom. The summed E-state index contributed by atoms with van der Waals surface area (Å²) < 4.78 is 1.65. The SMILES string of the molecule is NSC1Sc2ccccc2[N+]1(C1CCCCC1)C1CCCCC1. The van der Waals surface area contributed by atoms with Gasteiger partial charge in [-0.3, -0.25) is 9.62 Å². The minimum atomic E-state index is 0.457. The molecule has 2 aliphatic carbocycles. The summed E-state index contributed by atoms with van der Waals surface area (Å²) in [4.78, 5) is 1.49. The molecule has 1 aromatic rings. The van der Waals surface area contributed by atoms with Crippen molar-refractivity contribution in [3.63, 3.8) is 0 Å². The lowest BCUT2D eigenvalue weighted by Crippen LogP contribution is -2.66. The number of fused-ring (bicyclic) bond motifs is 1. The summed E-state index contributed by atoms with van der Waals surface area (Å²) in [7, 11) is 0. The van der Waals surface area contributed by atoms with Gasteiger partial charge in [-0.2, -0.15) is 0 Å². The number of benzene rings is 1. The van der Waals surface area contributed by atoms with Crippen molar-refractivity contribution in [1.29, 1.82) is 0 Å². The second kappa shape index (κ2) is 6.99.